The molecule has 0 saturated heterocycles. The Hall–Kier alpha value is -0.830. The van der Waals surface area contributed by atoms with Crippen molar-refractivity contribution in [2.24, 2.45) is 0 Å². The third-order valence-electron chi connectivity index (χ3n) is 1.44. The second-order valence-corrected chi connectivity index (χ2v) is 2.79. The molecule has 70 valence electrons. The second kappa shape index (κ2) is 5.77. The summed E-state index contributed by atoms with van der Waals surface area (Å²) in [5.41, 5.74) is 0.207. The molecule has 1 unspecified atom stereocenters. The molecule has 0 fully saturated rings. The Balaban J connectivity index is 3.61. The van der Waals surface area contributed by atoms with Crippen molar-refractivity contribution in [3.63, 3.8) is 0 Å². The fourth-order valence-corrected chi connectivity index (χ4v) is 0.812. The molecule has 0 spiro atoms. The van der Waals surface area contributed by atoms with Gasteiger partial charge in [-0.1, -0.05) is 13.5 Å². The number of carboxylic acid groups (broad SMARTS) is 1. The van der Waals surface area contributed by atoms with Gasteiger partial charge >= 0.3 is 5.97 Å². The van der Waals surface area contributed by atoms with Gasteiger partial charge < -0.3 is 9.84 Å². The van der Waals surface area contributed by atoms with E-state index >= 15 is 0 Å². The smallest absolute Gasteiger partial charge is 0.331 e. The van der Waals surface area contributed by atoms with Crippen molar-refractivity contribution in [2.75, 3.05) is 6.61 Å². The maximum absolute atomic E-state index is 10.4. The van der Waals surface area contributed by atoms with Gasteiger partial charge in [-0.2, -0.15) is 0 Å². The molecule has 0 aliphatic heterocycles. The summed E-state index contributed by atoms with van der Waals surface area (Å²) in [6, 6.07) is 0. The first-order chi connectivity index (χ1) is 5.57. The molecular weight excluding hydrogens is 156 g/mol. The molecule has 0 aromatic heterocycles. The number of ether oxygens (including phenoxy) is 1. The molecule has 12 heavy (non-hydrogen) atoms. The van der Waals surface area contributed by atoms with Gasteiger partial charge in [0.05, 0.1) is 6.10 Å². The lowest BCUT2D eigenvalue weighted by molar-refractivity contribution is -0.133. The standard InChI is InChI=1S/C9H16O3/c1-4-5-12-8(3)6-7(2)9(10)11/h8H,2,4-6H2,1,3H3,(H,10,11). The van der Waals surface area contributed by atoms with E-state index in [1.807, 2.05) is 13.8 Å². The summed E-state index contributed by atoms with van der Waals surface area (Å²) in [6.45, 7) is 7.96. The summed E-state index contributed by atoms with van der Waals surface area (Å²) in [4.78, 5) is 10.4. The van der Waals surface area contributed by atoms with Crippen LogP contribution in [0.4, 0.5) is 0 Å². The van der Waals surface area contributed by atoms with Crippen LogP contribution in [0.25, 0.3) is 0 Å². The summed E-state index contributed by atoms with van der Waals surface area (Å²) >= 11 is 0. The summed E-state index contributed by atoms with van der Waals surface area (Å²) in [5.74, 6) is -0.943. The third-order valence-corrected chi connectivity index (χ3v) is 1.44. The van der Waals surface area contributed by atoms with Crippen LogP contribution in [0.1, 0.15) is 26.7 Å². The molecule has 0 aliphatic rings. The average molecular weight is 172 g/mol. The lowest BCUT2D eigenvalue weighted by atomic mass is 10.1. The van der Waals surface area contributed by atoms with Crippen molar-refractivity contribution in [3.8, 4) is 0 Å². The monoisotopic (exact) mass is 172 g/mol. The summed E-state index contributed by atoms with van der Waals surface area (Å²) in [6.07, 6.45) is 1.30. The normalized spacial score (nSPS) is 12.5. The zero-order valence-corrected chi connectivity index (χ0v) is 7.67. The maximum atomic E-state index is 10.4. The Kier molecular flexibility index (Phi) is 5.37. The topological polar surface area (TPSA) is 46.5 Å². The van der Waals surface area contributed by atoms with Crippen LogP contribution in [-0.2, 0) is 9.53 Å². The highest BCUT2D eigenvalue weighted by atomic mass is 16.5. The van der Waals surface area contributed by atoms with Gasteiger partial charge in [-0.3, -0.25) is 0 Å². The lowest BCUT2D eigenvalue weighted by Gasteiger charge is -2.11. The van der Waals surface area contributed by atoms with Crippen molar-refractivity contribution in [1.29, 1.82) is 0 Å². The van der Waals surface area contributed by atoms with Crippen molar-refractivity contribution < 1.29 is 14.6 Å². The molecule has 0 aliphatic carbocycles. The van der Waals surface area contributed by atoms with E-state index in [9.17, 15) is 4.79 Å². The van der Waals surface area contributed by atoms with Gasteiger partial charge in [-0.15, -0.1) is 0 Å². The number of hydrogen-bond acceptors (Lipinski definition) is 2. The van der Waals surface area contributed by atoms with Crippen LogP contribution >= 0.6 is 0 Å². The molecule has 0 aromatic carbocycles. The minimum absolute atomic E-state index is 0.0476. The van der Waals surface area contributed by atoms with Gasteiger partial charge in [0.1, 0.15) is 0 Å². The summed E-state index contributed by atoms with van der Waals surface area (Å²) in [7, 11) is 0. The first-order valence-electron chi connectivity index (χ1n) is 4.10. The van der Waals surface area contributed by atoms with E-state index in [4.69, 9.17) is 9.84 Å². The van der Waals surface area contributed by atoms with E-state index in [-0.39, 0.29) is 11.7 Å². The van der Waals surface area contributed by atoms with Crippen LogP contribution in [0.15, 0.2) is 12.2 Å². The molecule has 0 heterocycles. The fourth-order valence-electron chi connectivity index (χ4n) is 0.812. The van der Waals surface area contributed by atoms with Gasteiger partial charge in [0, 0.05) is 18.6 Å². The highest BCUT2D eigenvalue weighted by Gasteiger charge is 2.09. The largest absolute Gasteiger partial charge is 0.478 e. The summed E-state index contributed by atoms with van der Waals surface area (Å²) < 4.78 is 5.29. The first-order valence-corrected chi connectivity index (χ1v) is 4.10. The van der Waals surface area contributed by atoms with E-state index in [1.54, 1.807) is 0 Å². The van der Waals surface area contributed by atoms with Crippen LogP contribution in [0.3, 0.4) is 0 Å². The summed E-state index contributed by atoms with van der Waals surface area (Å²) in [5, 5.41) is 8.50. The molecule has 1 N–H and O–H groups in total. The number of carbonyl (C=O) groups is 1. The molecule has 1 atom stereocenters. The lowest BCUT2D eigenvalue weighted by Crippen LogP contribution is -2.13. The quantitative estimate of drug-likeness (QED) is 0.622. The van der Waals surface area contributed by atoms with Crippen molar-refractivity contribution in [1.82, 2.24) is 0 Å². The third kappa shape index (κ3) is 4.91. The van der Waals surface area contributed by atoms with Crippen LogP contribution in [0.2, 0.25) is 0 Å². The van der Waals surface area contributed by atoms with Crippen molar-refractivity contribution in [2.45, 2.75) is 32.8 Å². The Morgan fingerprint density at radius 3 is 2.67 bits per heavy atom. The Morgan fingerprint density at radius 2 is 2.25 bits per heavy atom. The predicted octanol–water partition coefficient (Wildman–Crippen LogP) is 1.83. The van der Waals surface area contributed by atoms with Gasteiger partial charge in [-0.05, 0) is 13.3 Å². The fraction of sp³-hybridized carbons (Fsp3) is 0.667. The van der Waals surface area contributed by atoms with Gasteiger partial charge in [0.25, 0.3) is 0 Å². The molecule has 0 rings (SSSR count). The van der Waals surface area contributed by atoms with Crippen LogP contribution in [0, 0.1) is 0 Å². The second-order valence-electron chi connectivity index (χ2n) is 2.79. The van der Waals surface area contributed by atoms with Crippen LogP contribution in [0.5, 0.6) is 0 Å². The van der Waals surface area contributed by atoms with E-state index in [0.29, 0.717) is 13.0 Å². The zero-order valence-electron chi connectivity index (χ0n) is 7.67. The molecule has 0 saturated carbocycles. The van der Waals surface area contributed by atoms with Crippen LogP contribution in [-0.4, -0.2) is 23.8 Å². The number of aliphatic carboxylic acids is 1. The van der Waals surface area contributed by atoms with E-state index in [2.05, 4.69) is 6.58 Å². The highest BCUT2D eigenvalue weighted by molar-refractivity contribution is 5.85. The van der Waals surface area contributed by atoms with E-state index in [0.717, 1.165) is 6.42 Å². The Bertz CT molecular complexity index is 163. The Labute approximate surface area is 73.0 Å². The number of hydrogen-bond donors (Lipinski definition) is 1. The number of rotatable bonds is 6. The SMILES string of the molecule is C=C(CC(C)OCCC)C(=O)O. The zero-order chi connectivity index (χ0) is 9.56. The first kappa shape index (κ1) is 11.2. The molecule has 0 amide bonds. The van der Waals surface area contributed by atoms with E-state index in [1.165, 1.54) is 0 Å². The molecular formula is C9H16O3. The molecule has 3 heteroatoms. The minimum Gasteiger partial charge on any atom is -0.478 e. The van der Waals surface area contributed by atoms with Gasteiger partial charge in [0.2, 0.25) is 0 Å². The van der Waals surface area contributed by atoms with Gasteiger partial charge in [0.15, 0.2) is 0 Å². The molecule has 0 radical (unpaired) electrons. The van der Waals surface area contributed by atoms with Gasteiger partial charge in [-0.25, -0.2) is 4.79 Å². The number of carboxylic acids is 1. The minimum atomic E-state index is -0.943. The predicted molar refractivity (Wildman–Crippen MR) is 47.1 cm³/mol. The molecule has 3 nitrogen and oxygen atoms in total. The molecule has 0 aromatic rings. The van der Waals surface area contributed by atoms with Crippen LogP contribution < -0.4 is 0 Å². The average Bonchev–Trinajstić information content (AvgIpc) is 2.00. The van der Waals surface area contributed by atoms with E-state index < -0.39 is 5.97 Å². The van der Waals surface area contributed by atoms with Crippen molar-refractivity contribution >= 4 is 5.97 Å². The highest BCUT2D eigenvalue weighted by Crippen LogP contribution is 2.06. The maximum Gasteiger partial charge on any atom is 0.331 e. The molecule has 0 bridgehead atoms. The Morgan fingerprint density at radius 1 is 1.67 bits per heavy atom. The van der Waals surface area contributed by atoms with Crippen molar-refractivity contribution in [3.05, 3.63) is 12.2 Å².